The van der Waals surface area contributed by atoms with Gasteiger partial charge in [-0.3, -0.25) is 14.2 Å². The van der Waals surface area contributed by atoms with Crippen molar-refractivity contribution >= 4 is 16.9 Å². The van der Waals surface area contributed by atoms with Crippen molar-refractivity contribution in [2.75, 3.05) is 27.2 Å². The zero-order valence-electron chi connectivity index (χ0n) is 12.6. The van der Waals surface area contributed by atoms with Gasteiger partial charge in [-0.05, 0) is 45.3 Å². The summed E-state index contributed by atoms with van der Waals surface area (Å²) < 4.78 is 1.41. The summed E-state index contributed by atoms with van der Waals surface area (Å²) in [5.41, 5.74) is 0.404. The summed E-state index contributed by atoms with van der Waals surface area (Å²) >= 11 is 0. The van der Waals surface area contributed by atoms with Crippen molar-refractivity contribution in [2.45, 2.75) is 6.42 Å². The molecule has 0 atom stereocenters. The van der Waals surface area contributed by atoms with Crippen LogP contribution >= 0.6 is 0 Å². The van der Waals surface area contributed by atoms with Crippen LogP contribution in [0.5, 0.6) is 0 Å². The molecule has 2 aromatic heterocycles. The first kappa shape index (κ1) is 15.2. The summed E-state index contributed by atoms with van der Waals surface area (Å²) in [7, 11) is 5.59. The second-order valence-electron chi connectivity index (χ2n) is 5.25. The predicted octanol–water partition coefficient (Wildman–Crippen LogP) is 0.615. The Morgan fingerprint density at radius 3 is 2.90 bits per heavy atom. The molecule has 0 fully saturated rings. The van der Waals surface area contributed by atoms with Crippen LogP contribution in [0, 0.1) is 0 Å². The average molecular weight is 288 g/mol. The first-order chi connectivity index (χ1) is 10.0. The minimum Gasteiger partial charge on any atom is -0.352 e. The molecule has 2 heterocycles. The highest BCUT2D eigenvalue weighted by atomic mass is 16.2. The van der Waals surface area contributed by atoms with Gasteiger partial charge in [0.2, 0.25) is 0 Å². The van der Waals surface area contributed by atoms with Crippen molar-refractivity contribution < 1.29 is 4.79 Å². The van der Waals surface area contributed by atoms with Crippen LogP contribution in [0.15, 0.2) is 29.2 Å². The molecule has 0 aromatic carbocycles. The van der Waals surface area contributed by atoms with Crippen molar-refractivity contribution in [3.63, 3.8) is 0 Å². The quantitative estimate of drug-likeness (QED) is 0.819. The van der Waals surface area contributed by atoms with Gasteiger partial charge in [0.15, 0.2) is 0 Å². The monoisotopic (exact) mass is 288 g/mol. The Hall–Kier alpha value is -2.21. The van der Waals surface area contributed by atoms with E-state index in [4.69, 9.17) is 0 Å². The Morgan fingerprint density at radius 2 is 2.19 bits per heavy atom. The molecule has 1 amide bonds. The van der Waals surface area contributed by atoms with Crippen molar-refractivity contribution in [1.29, 1.82) is 0 Å². The number of hydrogen-bond donors (Lipinski definition) is 1. The maximum atomic E-state index is 12.2. The molecule has 0 spiro atoms. The molecule has 2 rings (SSSR count). The van der Waals surface area contributed by atoms with E-state index in [1.165, 1.54) is 4.57 Å². The van der Waals surface area contributed by atoms with E-state index in [0.29, 0.717) is 12.2 Å². The number of carbonyl (C=O) groups excluding carboxylic acids is 1. The van der Waals surface area contributed by atoms with Gasteiger partial charge in [-0.2, -0.15) is 0 Å². The lowest BCUT2D eigenvalue weighted by Crippen LogP contribution is -2.33. The number of nitrogens with zero attached hydrogens (tertiary/aromatic N) is 3. The van der Waals surface area contributed by atoms with E-state index in [0.717, 1.165) is 18.4 Å². The van der Waals surface area contributed by atoms with E-state index in [1.54, 1.807) is 25.4 Å². The summed E-state index contributed by atoms with van der Waals surface area (Å²) in [6.07, 6.45) is 2.47. The van der Waals surface area contributed by atoms with Crippen LogP contribution in [-0.2, 0) is 7.05 Å². The Bertz CT molecular complexity index is 706. The van der Waals surface area contributed by atoms with Gasteiger partial charge in [0.25, 0.3) is 11.5 Å². The van der Waals surface area contributed by atoms with Gasteiger partial charge in [-0.1, -0.05) is 0 Å². The number of aromatic nitrogens is 2. The maximum absolute atomic E-state index is 12.2. The van der Waals surface area contributed by atoms with Crippen LogP contribution in [0.25, 0.3) is 11.0 Å². The van der Waals surface area contributed by atoms with Gasteiger partial charge < -0.3 is 10.2 Å². The molecule has 112 valence electrons. The number of aryl methyl sites for hydroxylation is 1. The first-order valence-corrected chi connectivity index (χ1v) is 6.88. The summed E-state index contributed by atoms with van der Waals surface area (Å²) in [6.45, 7) is 1.44. The van der Waals surface area contributed by atoms with Gasteiger partial charge in [0.1, 0.15) is 11.2 Å². The maximum Gasteiger partial charge on any atom is 0.264 e. The fourth-order valence-electron chi connectivity index (χ4n) is 2.15. The van der Waals surface area contributed by atoms with E-state index in [-0.39, 0.29) is 17.0 Å². The molecule has 1 N–H and O–H groups in total. The Morgan fingerprint density at radius 1 is 1.43 bits per heavy atom. The molecule has 0 saturated carbocycles. The highest BCUT2D eigenvalue weighted by Crippen LogP contribution is 2.09. The van der Waals surface area contributed by atoms with E-state index in [9.17, 15) is 9.59 Å². The molecule has 0 aliphatic heterocycles. The molecule has 0 aliphatic carbocycles. The number of carbonyl (C=O) groups is 1. The predicted molar refractivity (Wildman–Crippen MR) is 82.5 cm³/mol. The SMILES string of the molecule is CN(C)CCCNC(=O)c1cc2cccnc2n(C)c1=O. The average Bonchev–Trinajstić information content (AvgIpc) is 2.47. The van der Waals surface area contributed by atoms with Crippen molar-refractivity contribution in [3.05, 3.63) is 40.3 Å². The third-order valence-electron chi connectivity index (χ3n) is 3.28. The lowest BCUT2D eigenvalue weighted by atomic mass is 10.2. The smallest absolute Gasteiger partial charge is 0.264 e. The first-order valence-electron chi connectivity index (χ1n) is 6.88. The standard InChI is InChI=1S/C15H20N4O2/c1-18(2)9-5-8-17-14(20)12-10-11-6-4-7-16-13(11)19(3)15(12)21/h4,6-7,10H,5,8-9H2,1-3H3,(H,17,20). The molecular weight excluding hydrogens is 268 g/mol. The molecule has 6 nitrogen and oxygen atoms in total. The van der Waals surface area contributed by atoms with Crippen LogP contribution in [0.4, 0.5) is 0 Å². The number of hydrogen-bond acceptors (Lipinski definition) is 4. The molecule has 0 radical (unpaired) electrons. The molecule has 2 aromatic rings. The van der Waals surface area contributed by atoms with Gasteiger partial charge in [-0.15, -0.1) is 0 Å². The fraction of sp³-hybridized carbons (Fsp3) is 0.400. The molecule has 0 bridgehead atoms. The highest BCUT2D eigenvalue weighted by molar-refractivity contribution is 5.96. The third-order valence-corrected chi connectivity index (χ3v) is 3.28. The highest BCUT2D eigenvalue weighted by Gasteiger charge is 2.14. The van der Waals surface area contributed by atoms with Crippen LogP contribution in [0.1, 0.15) is 16.8 Å². The van der Waals surface area contributed by atoms with Gasteiger partial charge >= 0.3 is 0 Å². The van der Waals surface area contributed by atoms with Crippen LogP contribution in [-0.4, -0.2) is 47.5 Å². The molecule has 0 saturated heterocycles. The number of fused-ring (bicyclic) bond motifs is 1. The zero-order chi connectivity index (χ0) is 15.4. The second-order valence-corrected chi connectivity index (χ2v) is 5.25. The van der Waals surface area contributed by atoms with Crippen LogP contribution in [0.3, 0.4) is 0 Å². The number of nitrogens with one attached hydrogen (secondary N) is 1. The molecule has 6 heteroatoms. The van der Waals surface area contributed by atoms with Crippen molar-refractivity contribution in [2.24, 2.45) is 7.05 Å². The van der Waals surface area contributed by atoms with Crippen molar-refractivity contribution in [3.8, 4) is 0 Å². The Kier molecular flexibility index (Phi) is 4.70. The summed E-state index contributed by atoms with van der Waals surface area (Å²) in [4.78, 5) is 30.6. The largest absolute Gasteiger partial charge is 0.352 e. The fourth-order valence-corrected chi connectivity index (χ4v) is 2.15. The van der Waals surface area contributed by atoms with Crippen LogP contribution in [0.2, 0.25) is 0 Å². The van der Waals surface area contributed by atoms with E-state index in [2.05, 4.69) is 10.3 Å². The summed E-state index contributed by atoms with van der Waals surface area (Å²) in [6, 6.07) is 5.22. The minimum atomic E-state index is -0.333. The number of rotatable bonds is 5. The zero-order valence-corrected chi connectivity index (χ0v) is 12.6. The lowest BCUT2D eigenvalue weighted by molar-refractivity contribution is 0.0950. The molecule has 21 heavy (non-hydrogen) atoms. The molecular formula is C15H20N4O2. The Labute approximate surface area is 123 Å². The molecule has 0 unspecified atom stereocenters. The number of amides is 1. The van der Waals surface area contributed by atoms with Gasteiger partial charge in [-0.25, -0.2) is 4.98 Å². The van der Waals surface area contributed by atoms with Gasteiger partial charge in [0, 0.05) is 25.2 Å². The second kappa shape index (κ2) is 6.49. The minimum absolute atomic E-state index is 0.155. The van der Waals surface area contributed by atoms with Crippen molar-refractivity contribution in [1.82, 2.24) is 19.8 Å². The molecule has 0 aliphatic rings. The Balaban J connectivity index is 2.20. The summed E-state index contributed by atoms with van der Waals surface area (Å²) in [5.74, 6) is -0.333. The third kappa shape index (κ3) is 3.46. The van der Waals surface area contributed by atoms with E-state index in [1.807, 2.05) is 25.1 Å². The van der Waals surface area contributed by atoms with E-state index >= 15 is 0 Å². The van der Waals surface area contributed by atoms with Crippen LogP contribution < -0.4 is 10.9 Å². The topological polar surface area (TPSA) is 67.2 Å². The van der Waals surface area contributed by atoms with Gasteiger partial charge in [0.05, 0.1) is 0 Å². The lowest BCUT2D eigenvalue weighted by Gasteiger charge is -2.11. The normalized spacial score (nSPS) is 11.0. The van der Waals surface area contributed by atoms with E-state index < -0.39 is 0 Å². The number of pyridine rings is 2. The summed E-state index contributed by atoms with van der Waals surface area (Å²) in [5, 5.41) is 3.56.